The van der Waals surface area contributed by atoms with E-state index in [1.807, 2.05) is 0 Å². The Labute approximate surface area is 198 Å². The SMILES string of the molecule is CC(C)OC1(OC(C)C)CC[C@@]2(C)C(CC[C@H]3Cc4c([nH]c5ccccc45)[C@@]32C)/C1=C/C=O. The summed E-state index contributed by atoms with van der Waals surface area (Å²) in [4.78, 5) is 15.8. The van der Waals surface area contributed by atoms with Crippen LogP contribution in [0.15, 0.2) is 35.9 Å². The first-order valence-electron chi connectivity index (χ1n) is 12.8. The third kappa shape index (κ3) is 3.13. The summed E-state index contributed by atoms with van der Waals surface area (Å²) in [6, 6.07) is 8.73. The Bertz CT molecular complexity index is 1090. The number of carbonyl (C=O) groups excluding carboxylic acids is 1. The fourth-order valence-corrected chi connectivity index (χ4v) is 7.83. The molecular weight excluding hydrogens is 410 g/mol. The fourth-order valence-electron chi connectivity index (χ4n) is 7.83. The lowest BCUT2D eigenvalue weighted by atomic mass is 9.44. The van der Waals surface area contributed by atoms with Crippen LogP contribution in [0.3, 0.4) is 0 Å². The largest absolute Gasteiger partial charge is 0.358 e. The van der Waals surface area contributed by atoms with E-state index in [0.717, 1.165) is 44.0 Å². The first-order chi connectivity index (χ1) is 15.7. The summed E-state index contributed by atoms with van der Waals surface area (Å²) >= 11 is 0. The van der Waals surface area contributed by atoms with E-state index in [2.05, 4.69) is 70.8 Å². The van der Waals surface area contributed by atoms with Gasteiger partial charge in [0.15, 0.2) is 5.79 Å². The number of aldehydes is 1. The van der Waals surface area contributed by atoms with E-state index in [0.29, 0.717) is 5.92 Å². The van der Waals surface area contributed by atoms with Crippen LogP contribution >= 0.6 is 0 Å². The van der Waals surface area contributed by atoms with Gasteiger partial charge in [-0.25, -0.2) is 0 Å². The number of H-pyrrole nitrogens is 1. The quantitative estimate of drug-likeness (QED) is 0.323. The molecule has 1 aromatic heterocycles. The number of benzene rings is 1. The lowest BCUT2D eigenvalue weighted by Gasteiger charge is -2.62. The van der Waals surface area contributed by atoms with Crippen LogP contribution in [0.5, 0.6) is 0 Å². The van der Waals surface area contributed by atoms with Crippen molar-refractivity contribution in [2.24, 2.45) is 17.3 Å². The van der Waals surface area contributed by atoms with Crippen molar-refractivity contribution >= 4 is 17.2 Å². The lowest BCUT2D eigenvalue weighted by molar-refractivity contribution is -0.272. The van der Waals surface area contributed by atoms with E-state index in [4.69, 9.17) is 9.47 Å². The highest BCUT2D eigenvalue weighted by molar-refractivity contribution is 5.86. The van der Waals surface area contributed by atoms with Crippen molar-refractivity contribution in [2.45, 2.75) is 97.1 Å². The first-order valence-corrected chi connectivity index (χ1v) is 12.8. The number of rotatable bonds is 5. The number of hydrogen-bond acceptors (Lipinski definition) is 3. The highest BCUT2D eigenvalue weighted by Crippen LogP contribution is 2.69. The van der Waals surface area contributed by atoms with Crippen molar-refractivity contribution in [1.82, 2.24) is 4.98 Å². The van der Waals surface area contributed by atoms with E-state index in [1.54, 1.807) is 6.08 Å². The molecule has 33 heavy (non-hydrogen) atoms. The molecule has 1 N–H and O–H groups in total. The van der Waals surface area contributed by atoms with Crippen molar-refractivity contribution in [3.63, 3.8) is 0 Å². The molecule has 0 spiro atoms. The molecule has 3 aliphatic rings. The fraction of sp³-hybridized carbons (Fsp3) is 0.621. The molecule has 0 radical (unpaired) electrons. The van der Waals surface area contributed by atoms with Crippen LogP contribution in [0.25, 0.3) is 10.9 Å². The molecule has 0 saturated heterocycles. The Morgan fingerprint density at radius 3 is 2.39 bits per heavy atom. The second-order valence-corrected chi connectivity index (χ2v) is 11.5. The van der Waals surface area contributed by atoms with Gasteiger partial charge in [0.05, 0.1) is 12.2 Å². The zero-order valence-electron chi connectivity index (χ0n) is 21.0. The van der Waals surface area contributed by atoms with Crippen molar-refractivity contribution in [3.8, 4) is 0 Å². The molecule has 0 bridgehead atoms. The molecular formula is C29H39NO3. The van der Waals surface area contributed by atoms with E-state index in [1.165, 1.54) is 22.2 Å². The Balaban J connectivity index is 1.65. The molecule has 3 aliphatic carbocycles. The zero-order valence-corrected chi connectivity index (χ0v) is 21.0. The number of carbonyl (C=O) groups is 1. The summed E-state index contributed by atoms with van der Waals surface area (Å²) in [6.45, 7) is 13.2. The maximum absolute atomic E-state index is 11.9. The van der Waals surface area contributed by atoms with Crippen molar-refractivity contribution < 1.29 is 14.3 Å². The maximum Gasteiger partial charge on any atom is 0.192 e. The smallest absolute Gasteiger partial charge is 0.192 e. The second-order valence-electron chi connectivity index (χ2n) is 11.5. The van der Waals surface area contributed by atoms with Crippen LogP contribution in [0.1, 0.15) is 78.5 Å². The minimum Gasteiger partial charge on any atom is -0.358 e. The molecule has 5 rings (SSSR count). The van der Waals surface area contributed by atoms with Crippen LogP contribution in [0.2, 0.25) is 0 Å². The number of aromatic amines is 1. The molecule has 4 nitrogen and oxygen atoms in total. The van der Waals surface area contributed by atoms with Gasteiger partial charge in [-0.15, -0.1) is 0 Å². The third-order valence-corrected chi connectivity index (χ3v) is 9.25. The predicted molar refractivity (Wildman–Crippen MR) is 132 cm³/mol. The van der Waals surface area contributed by atoms with Crippen molar-refractivity contribution in [3.05, 3.63) is 47.2 Å². The minimum absolute atomic E-state index is 0.0149. The highest BCUT2D eigenvalue weighted by atomic mass is 16.7. The lowest BCUT2D eigenvalue weighted by Crippen LogP contribution is -2.60. The molecule has 4 atom stereocenters. The van der Waals surface area contributed by atoms with Crippen molar-refractivity contribution in [2.75, 3.05) is 0 Å². The van der Waals surface area contributed by atoms with Gasteiger partial charge in [-0.2, -0.15) is 0 Å². The monoisotopic (exact) mass is 449 g/mol. The van der Waals surface area contributed by atoms with Gasteiger partial charge < -0.3 is 14.5 Å². The molecule has 4 heteroatoms. The van der Waals surface area contributed by atoms with Gasteiger partial charge in [0.2, 0.25) is 0 Å². The molecule has 2 aromatic rings. The summed E-state index contributed by atoms with van der Waals surface area (Å²) in [5.74, 6) is 0.0394. The van der Waals surface area contributed by atoms with Crippen LogP contribution in [-0.4, -0.2) is 29.3 Å². The van der Waals surface area contributed by atoms with Crippen LogP contribution < -0.4 is 0 Å². The van der Waals surface area contributed by atoms with Gasteiger partial charge in [0, 0.05) is 28.4 Å². The van der Waals surface area contributed by atoms with Crippen LogP contribution in [0.4, 0.5) is 0 Å². The average Bonchev–Trinajstić information content (AvgIpc) is 3.25. The molecule has 0 amide bonds. The Kier molecular flexibility index (Phi) is 5.41. The molecule has 2 fully saturated rings. The van der Waals surface area contributed by atoms with Gasteiger partial charge in [-0.3, -0.25) is 4.79 Å². The average molecular weight is 450 g/mol. The summed E-state index contributed by atoms with van der Waals surface area (Å²) in [6.07, 6.45) is 7.90. The second kappa shape index (κ2) is 7.81. The Morgan fingerprint density at radius 1 is 1.03 bits per heavy atom. The number of ether oxygens (including phenoxy) is 2. The molecule has 1 aromatic carbocycles. The molecule has 2 saturated carbocycles. The van der Waals surface area contributed by atoms with Crippen LogP contribution in [0, 0.1) is 17.3 Å². The number of fused-ring (bicyclic) bond motifs is 7. The molecule has 1 unspecified atom stereocenters. The van der Waals surface area contributed by atoms with Gasteiger partial charge in [-0.05, 0) is 93.9 Å². The summed E-state index contributed by atoms with van der Waals surface area (Å²) < 4.78 is 13.1. The molecule has 0 aliphatic heterocycles. The Hall–Kier alpha value is -1.91. The van der Waals surface area contributed by atoms with Gasteiger partial charge in [0.1, 0.15) is 6.29 Å². The van der Waals surface area contributed by atoms with Gasteiger partial charge in [0.25, 0.3) is 0 Å². The molecule has 1 heterocycles. The molecule has 178 valence electrons. The van der Waals surface area contributed by atoms with E-state index >= 15 is 0 Å². The predicted octanol–water partition coefficient (Wildman–Crippen LogP) is 6.48. The number of aromatic nitrogens is 1. The van der Waals surface area contributed by atoms with Gasteiger partial charge >= 0.3 is 0 Å². The summed E-state index contributed by atoms with van der Waals surface area (Å²) in [5, 5.41) is 1.38. The van der Waals surface area contributed by atoms with E-state index < -0.39 is 5.79 Å². The summed E-state index contributed by atoms with van der Waals surface area (Å²) in [7, 11) is 0. The standard InChI is InChI=1S/C29H39NO3/c1-18(2)32-29(33-19(3)4)15-14-27(5)23(24(29)13-16-31)12-11-20-17-22-21-9-7-8-10-25(21)30-26(22)28(20,27)6/h7-10,13,16,18-20,23,30H,11-12,14-15,17H2,1-6H3/b24-13-/t20-,23?,27-,28+/m0/s1. The first kappa shape index (κ1) is 22.9. The minimum atomic E-state index is -0.821. The van der Waals surface area contributed by atoms with E-state index in [-0.39, 0.29) is 29.0 Å². The Morgan fingerprint density at radius 2 is 1.73 bits per heavy atom. The number of nitrogens with one attached hydrogen (secondary N) is 1. The van der Waals surface area contributed by atoms with Crippen LogP contribution in [-0.2, 0) is 26.1 Å². The van der Waals surface area contributed by atoms with E-state index in [9.17, 15) is 4.79 Å². The highest BCUT2D eigenvalue weighted by Gasteiger charge is 2.65. The zero-order chi connectivity index (χ0) is 23.6. The normalized spacial score (nSPS) is 34.0. The third-order valence-electron chi connectivity index (χ3n) is 9.25. The summed E-state index contributed by atoms with van der Waals surface area (Å²) in [5.41, 5.74) is 5.27. The van der Waals surface area contributed by atoms with Gasteiger partial charge in [-0.1, -0.05) is 32.0 Å². The van der Waals surface area contributed by atoms with Crippen molar-refractivity contribution in [1.29, 1.82) is 0 Å². The topological polar surface area (TPSA) is 51.3 Å². The number of para-hydroxylation sites is 1. The maximum atomic E-state index is 11.9. The number of allylic oxidation sites excluding steroid dienone is 1. The number of hydrogen-bond donors (Lipinski definition) is 1.